The Morgan fingerprint density at radius 2 is 2.04 bits per heavy atom. The summed E-state index contributed by atoms with van der Waals surface area (Å²) < 4.78 is 5.36. The minimum atomic E-state index is -0.163. The van der Waals surface area contributed by atoms with Gasteiger partial charge in [-0.05, 0) is 42.8 Å². The van der Waals surface area contributed by atoms with Crippen LogP contribution < -0.4 is 4.90 Å². The molecule has 3 aromatic rings. The van der Waals surface area contributed by atoms with E-state index in [-0.39, 0.29) is 11.8 Å². The van der Waals surface area contributed by atoms with E-state index in [4.69, 9.17) is 21.4 Å². The van der Waals surface area contributed by atoms with E-state index in [2.05, 4.69) is 16.2 Å². The van der Waals surface area contributed by atoms with Crippen LogP contribution in [0, 0.1) is 18.3 Å². The second-order valence-electron chi connectivity index (χ2n) is 6.46. The Kier molecular flexibility index (Phi) is 4.38. The van der Waals surface area contributed by atoms with E-state index >= 15 is 0 Å². The lowest BCUT2D eigenvalue weighted by molar-refractivity contribution is -0.117. The lowest BCUT2D eigenvalue weighted by Gasteiger charge is -2.20. The molecule has 1 aromatic heterocycles. The van der Waals surface area contributed by atoms with Crippen molar-refractivity contribution in [3.63, 3.8) is 0 Å². The molecular formula is C20H15ClN4O2. The number of benzene rings is 2. The Morgan fingerprint density at radius 3 is 2.74 bits per heavy atom. The Balaban J connectivity index is 1.58. The van der Waals surface area contributed by atoms with Gasteiger partial charge in [0.05, 0.1) is 22.3 Å². The van der Waals surface area contributed by atoms with Crippen molar-refractivity contribution in [3.8, 4) is 17.5 Å². The van der Waals surface area contributed by atoms with Crippen LogP contribution in [0.2, 0.25) is 5.02 Å². The maximum atomic E-state index is 12.6. The van der Waals surface area contributed by atoms with Gasteiger partial charge >= 0.3 is 0 Å². The van der Waals surface area contributed by atoms with Gasteiger partial charge in [0.1, 0.15) is 0 Å². The molecule has 4 rings (SSSR count). The summed E-state index contributed by atoms with van der Waals surface area (Å²) in [4.78, 5) is 18.7. The Bertz CT molecular complexity index is 1030. The SMILES string of the molecule is Cc1cccc(Cl)c1N1CC(c2noc(-c3ccc(C#N)cc3)n2)CC1=O. The molecule has 27 heavy (non-hydrogen) atoms. The van der Waals surface area contributed by atoms with Gasteiger partial charge in [-0.1, -0.05) is 28.9 Å². The summed E-state index contributed by atoms with van der Waals surface area (Å²) in [6.45, 7) is 2.38. The third-order valence-electron chi connectivity index (χ3n) is 4.65. The molecule has 0 N–H and O–H groups in total. The normalized spacial score (nSPS) is 16.6. The highest BCUT2D eigenvalue weighted by Crippen LogP contribution is 2.36. The lowest BCUT2D eigenvalue weighted by atomic mass is 10.1. The zero-order chi connectivity index (χ0) is 19.0. The minimum absolute atomic E-state index is 0.0130. The standard InChI is InChI=1S/C20H15ClN4O2/c1-12-3-2-4-16(21)18(12)25-11-15(9-17(25)26)19-23-20(27-24-19)14-7-5-13(10-22)6-8-14/h2-8,15H,9,11H2,1H3. The van der Waals surface area contributed by atoms with Crippen molar-refractivity contribution < 1.29 is 9.32 Å². The molecule has 0 radical (unpaired) electrons. The third kappa shape index (κ3) is 3.18. The van der Waals surface area contributed by atoms with Gasteiger partial charge in [-0.2, -0.15) is 10.2 Å². The summed E-state index contributed by atoms with van der Waals surface area (Å²) >= 11 is 6.31. The number of aryl methyl sites for hydroxylation is 1. The smallest absolute Gasteiger partial charge is 0.257 e. The molecule has 1 saturated heterocycles. The van der Waals surface area contributed by atoms with Gasteiger partial charge in [-0.25, -0.2) is 0 Å². The van der Waals surface area contributed by atoms with Gasteiger partial charge in [-0.3, -0.25) is 4.79 Å². The van der Waals surface area contributed by atoms with Gasteiger partial charge < -0.3 is 9.42 Å². The number of amides is 1. The molecule has 6 nitrogen and oxygen atoms in total. The van der Waals surface area contributed by atoms with Gasteiger partial charge in [0.2, 0.25) is 5.91 Å². The molecular weight excluding hydrogens is 364 g/mol. The van der Waals surface area contributed by atoms with E-state index in [1.54, 1.807) is 35.2 Å². The van der Waals surface area contributed by atoms with Crippen LogP contribution in [0.3, 0.4) is 0 Å². The zero-order valence-electron chi connectivity index (χ0n) is 14.5. The number of carbonyl (C=O) groups is 1. The Hall–Kier alpha value is -3.17. The van der Waals surface area contributed by atoms with Crippen LogP contribution in [0.25, 0.3) is 11.5 Å². The highest BCUT2D eigenvalue weighted by Gasteiger charge is 2.36. The first-order valence-corrected chi connectivity index (χ1v) is 8.84. The number of anilines is 1. The molecule has 1 atom stereocenters. The van der Waals surface area contributed by atoms with Crippen molar-refractivity contribution in [1.29, 1.82) is 5.26 Å². The fourth-order valence-electron chi connectivity index (χ4n) is 3.27. The third-order valence-corrected chi connectivity index (χ3v) is 4.96. The number of para-hydroxylation sites is 1. The molecule has 2 heterocycles. The second kappa shape index (κ2) is 6.86. The summed E-state index contributed by atoms with van der Waals surface area (Å²) in [5, 5.41) is 13.5. The Morgan fingerprint density at radius 1 is 1.26 bits per heavy atom. The highest BCUT2D eigenvalue weighted by atomic mass is 35.5. The van der Waals surface area contributed by atoms with Crippen molar-refractivity contribution in [2.45, 2.75) is 19.3 Å². The van der Waals surface area contributed by atoms with Gasteiger partial charge in [-0.15, -0.1) is 0 Å². The van der Waals surface area contributed by atoms with Crippen LogP contribution in [0.5, 0.6) is 0 Å². The fourth-order valence-corrected chi connectivity index (χ4v) is 3.59. The minimum Gasteiger partial charge on any atom is -0.334 e. The van der Waals surface area contributed by atoms with E-state index < -0.39 is 0 Å². The number of halogens is 1. The average Bonchev–Trinajstić information content (AvgIpc) is 3.29. The Labute approximate surface area is 161 Å². The van der Waals surface area contributed by atoms with E-state index in [1.807, 2.05) is 19.1 Å². The van der Waals surface area contributed by atoms with E-state index in [0.717, 1.165) is 16.8 Å². The van der Waals surface area contributed by atoms with Gasteiger partial charge in [0, 0.05) is 24.4 Å². The second-order valence-corrected chi connectivity index (χ2v) is 6.86. The van der Waals surface area contributed by atoms with Crippen LogP contribution in [0.1, 0.15) is 29.3 Å². The number of carbonyl (C=O) groups excluding carboxylic acids is 1. The highest BCUT2D eigenvalue weighted by molar-refractivity contribution is 6.34. The molecule has 134 valence electrons. The van der Waals surface area contributed by atoms with Crippen molar-refractivity contribution in [2.75, 3.05) is 11.4 Å². The fraction of sp³-hybridized carbons (Fsp3) is 0.200. The van der Waals surface area contributed by atoms with Crippen molar-refractivity contribution >= 4 is 23.2 Å². The predicted octanol–water partition coefficient (Wildman–Crippen LogP) is 4.09. The number of hydrogen-bond acceptors (Lipinski definition) is 5. The molecule has 1 aliphatic rings. The molecule has 0 spiro atoms. The van der Waals surface area contributed by atoms with E-state index in [0.29, 0.717) is 35.3 Å². The quantitative estimate of drug-likeness (QED) is 0.685. The first-order chi connectivity index (χ1) is 13.1. The number of nitriles is 1. The largest absolute Gasteiger partial charge is 0.334 e. The number of hydrogen-bond donors (Lipinski definition) is 0. The number of nitrogens with zero attached hydrogens (tertiary/aromatic N) is 4. The molecule has 0 saturated carbocycles. The van der Waals surface area contributed by atoms with Crippen LogP contribution >= 0.6 is 11.6 Å². The summed E-state index contributed by atoms with van der Waals surface area (Å²) in [5.41, 5.74) is 2.98. The zero-order valence-corrected chi connectivity index (χ0v) is 15.3. The molecule has 0 bridgehead atoms. The molecule has 1 aliphatic heterocycles. The van der Waals surface area contributed by atoms with E-state index in [9.17, 15) is 4.79 Å². The van der Waals surface area contributed by atoms with Crippen LogP contribution in [0.4, 0.5) is 5.69 Å². The number of rotatable bonds is 3. The average molecular weight is 379 g/mol. The molecule has 1 fully saturated rings. The first kappa shape index (κ1) is 17.3. The van der Waals surface area contributed by atoms with Crippen LogP contribution in [0.15, 0.2) is 47.0 Å². The maximum absolute atomic E-state index is 12.6. The lowest BCUT2D eigenvalue weighted by Crippen LogP contribution is -2.25. The molecule has 7 heteroatoms. The van der Waals surface area contributed by atoms with E-state index in [1.165, 1.54) is 0 Å². The first-order valence-electron chi connectivity index (χ1n) is 8.46. The monoisotopic (exact) mass is 378 g/mol. The van der Waals surface area contributed by atoms with Crippen molar-refractivity contribution in [1.82, 2.24) is 10.1 Å². The summed E-state index contributed by atoms with van der Waals surface area (Å²) in [6.07, 6.45) is 0.303. The summed E-state index contributed by atoms with van der Waals surface area (Å²) in [5.74, 6) is 0.689. The number of aromatic nitrogens is 2. The molecule has 1 amide bonds. The predicted molar refractivity (Wildman–Crippen MR) is 100 cm³/mol. The van der Waals surface area contributed by atoms with Crippen LogP contribution in [-0.4, -0.2) is 22.6 Å². The topological polar surface area (TPSA) is 83.0 Å². The summed E-state index contributed by atoms with van der Waals surface area (Å²) in [7, 11) is 0. The van der Waals surface area contributed by atoms with Crippen LogP contribution in [-0.2, 0) is 4.79 Å². The maximum Gasteiger partial charge on any atom is 0.257 e. The molecule has 0 aliphatic carbocycles. The summed E-state index contributed by atoms with van der Waals surface area (Å²) in [6, 6.07) is 14.5. The van der Waals surface area contributed by atoms with Crippen molar-refractivity contribution in [2.24, 2.45) is 0 Å². The van der Waals surface area contributed by atoms with Gasteiger partial charge in [0.15, 0.2) is 5.82 Å². The van der Waals surface area contributed by atoms with Gasteiger partial charge in [0.25, 0.3) is 5.89 Å². The van der Waals surface area contributed by atoms with Crippen molar-refractivity contribution in [3.05, 3.63) is 64.4 Å². The molecule has 2 aromatic carbocycles. The molecule has 1 unspecified atom stereocenters.